The lowest BCUT2D eigenvalue weighted by Gasteiger charge is -2.20. The second-order valence-corrected chi connectivity index (χ2v) is 7.69. The molecule has 0 saturated heterocycles. The first kappa shape index (κ1) is 21.5. The molecule has 0 bridgehead atoms. The first-order valence-electron chi connectivity index (χ1n) is 9.93. The van der Waals surface area contributed by atoms with E-state index in [2.05, 4.69) is 29.0 Å². The van der Waals surface area contributed by atoms with Crippen LogP contribution in [-0.4, -0.2) is 36.9 Å². The number of amides is 2. The summed E-state index contributed by atoms with van der Waals surface area (Å²) in [6.45, 7) is 6.34. The van der Waals surface area contributed by atoms with Crippen molar-refractivity contribution >= 4 is 34.7 Å². The molecule has 7 heteroatoms. The third-order valence-corrected chi connectivity index (χ3v) is 5.75. The number of thiophene rings is 1. The zero-order valence-electron chi connectivity index (χ0n) is 17.5. The summed E-state index contributed by atoms with van der Waals surface area (Å²) in [6.07, 6.45) is 1.78. The van der Waals surface area contributed by atoms with Gasteiger partial charge in [-0.25, -0.2) is 4.98 Å². The smallest absolute Gasteiger partial charge is 0.268 e. The van der Waals surface area contributed by atoms with Crippen molar-refractivity contribution in [3.63, 3.8) is 0 Å². The average Bonchev–Trinajstić information content (AvgIpc) is 3.33. The van der Waals surface area contributed by atoms with Crippen molar-refractivity contribution in [2.24, 2.45) is 0 Å². The van der Waals surface area contributed by atoms with Crippen LogP contribution in [-0.2, 0) is 6.54 Å². The Morgan fingerprint density at radius 1 is 1.03 bits per heavy atom. The molecule has 0 spiro atoms. The van der Waals surface area contributed by atoms with Gasteiger partial charge in [0.05, 0.1) is 16.1 Å². The number of hydrogen-bond donors (Lipinski definition) is 1. The molecule has 1 N–H and O–H groups in total. The van der Waals surface area contributed by atoms with E-state index in [9.17, 15) is 9.59 Å². The molecular formula is C23H26N4O2S. The fraction of sp³-hybridized carbons (Fsp3) is 0.261. The highest BCUT2D eigenvalue weighted by molar-refractivity contribution is 7.12. The van der Waals surface area contributed by atoms with Gasteiger partial charge in [0.1, 0.15) is 5.82 Å². The molecule has 3 rings (SSSR count). The predicted octanol–water partition coefficient (Wildman–Crippen LogP) is 4.20. The SMILES string of the molecule is CCN(CC)c1ccc(CNC(=O)c2ccccc2N(C)C(=O)c2cccs2)cn1. The molecule has 0 fully saturated rings. The quantitative estimate of drug-likeness (QED) is 0.591. The summed E-state index contributed by atoms with van der Waals surface area (Å²) in [6, 6.07) is 14.7. The van der Waals surface area contributed by atoms with E-state index in [1.165, 1.54) is 16.2 Å². The number of benzene rings is 1. The predicted molar refractivity (Wildman–Crippen MR) is 122 cm³/mol. The standard InChI is InChI=1S/C23H26N4O2S/c1-4-27(5-2)21-13-12-17(15-24-21)16-25-22(28)18-9-6-7-10-19(18)26(3)23(29)20-11-8-14-30-20/h6-15H,4-5,16H2,1-3H3,(H,25,28). The summed E-state index contributed by atoms with van der Waals surface area (Å²) in [5.74, 6) is 0.555. The number of carbonyl (C=O) groups is 2. The highest BCUT2D eigenvalue weighted by Crippen LogP contribution is 2.23. The van der Waals surface area contributed by atoms with E-state index in [4.69, 9.17) is 0 Å². The van der Waals surface area contributed by atoms with Gasteiger partial charge in [0.2, 0.25) is 0 Å². The average molecular weight is 423 g/mol. The molecule has 2 heterocycles. The van der Waals surface area contributed by atoms with Crippen LogP contribution in [0.3, 0.4) is 0 Å². The molecule has 0 radical (unpaired) electrons. The van der Waals surface area contributed by atoms with Gasteiger partial charge in [-0.2, -0.15) is 0 Å². The van der Waals surface area contributed by atoms with E-state index >= 15 is 0 Å². The summed E-state index contributed by atoms with van der Waals surface area (Å²) >= 11 is 1.38. The minimum absolute atomic E-state index is 0.138. The lowest BCUT2D eigenvalue weighted by molar-refractivity contribution is 0.0951. The van der Waals surface area contributed by atoms with Crippen LogP contribution in [0.4, 0.5) is 11.5 Å². The zero-order valence-corrected chi connectivity index (χ0v) is 18.3. The van der Waals surface area contributed by atoms with Crippen LogP contribution in [0, 0.1) is 0 Å². The van der Waals surface area contributed by atoms with Crippen molar-refractivity contribution in [3.8, 4) is 0 Å². The van der Waals surface area contributed by atoms with E-state index in [1.54, 1.807) is 37.5 Å². The van der Waals surface area contributed by atoms with E-state index in [1.807, 2.05) is 29.6 Å². The summed E-state index contributed by atoms with van der Waals surface area (Å²) in [4.78, 5) is 34.3. The van der Waals surface area contributed by atoms with Crippen LogP contribution in [0.15, 0.2) is 60.1 Å². The van der Waals surface area contributed by atoms with Crippen LogP contribution in [0.2, 0.25) is 0 Å². The Morgan fingerprint density at radius 3 is 2.43 bits per heavy atom. The topological polar surface area (TPSA) is 65.5 Å². The fourth-order valence-electron chi connectivity index (χ4n) is 3.17. The largest absolute Gasteiger partial charge is 0.357 e. The molecule has 0 atom stereocenters. The monoisotopic (exact) mass is 422 g/mol. The molecule has 0 aliphatic carbocycles. The van der Waals surface area contributed by atoms with Gasteiger partial charge in [-0.15, -0.1) is 11.3 Å². The van der Waals surface area contributed by atoms with Crippen LogP contribution < -0.4 is 15.1 Å². The fourth-order valence-corrected chi connectivity index (χ4v) is 3.87. The van der Waals surface area contributed by atoms with E-state index < -0.39 is 0 Å². The maximum atomic E-state index is 12.8. The molecule has 0 aliphatic rings. The Labute approximate surface area is 181 Å². The summed E-state index contributed by atoms with van der Waals surface area (Å²) in [5.41, 5.74) is 1.95. The van der Waals surface area contributed by atoms with E-state index in [0.29, 0.717) is 22.7 Å². The van der Waals surface area contributed by atoms with E-state index in [-0.39, 0.29) is 11.8 Å². The second kappa shape index (κ2) is 10.0. The summed E-state index contributed by atoms with van der Waals surface area (Å²) in [5, 5.41) is 4.79. The number of pyridine rings is 1. The van der Waals surface area contributed by atoms with Crippen molar-refractivity contribution in [1.29, 1.82) is 0 Å². The van der Waals surface area contributed by atoms with Crippen molar-refractivity contribution in [1.82, 2.24) is 10.3 Å². The van der Waals surface area contributed by atoms with Gasteiger partial charge in [0, 0.05) is 32.9 Å². The Hall–Kier alpha value is -3.19. The van der Waals surface area contributed by atoms with Crippen LogP contribution in [0.25, 0.3) is 0 Å². The number of nitrogens with one attached hydrogen (secondary N) is 1. The normalized spacial score (nSPS) is 10.5. The van der Waals surface area contributed by atoms with Crippen molar-refractivity contribution in [2.45, 2.75) is 20.4 Å². The lowest BCUT2D eigenvalue weighted by Crippen LogP contribution is -2.30. The number of carbonyl (C=O) groups excluding carboxylic acids is 2. The summed E-state index contributed by atoms with van der Waals surface area (Å²) < 4.78 is 0. The Bertz CT molecular complexity index is 983. The number of para-hydroxylation sites is 1. The maximum absolute atomic E-state index is 12.8. The Balaban J connectivity index is 1.70. The van der Waals surface area contributed by atoms with Crippen LogP contribution in [0.1, 0.15) is 39.4 Å². The van der Waals surface area contributed by atoms with Gasteiger partial charge in [-0.1, -0.05) is 24.3 Å². The van der Waals surface area contributed by atoms with Gasteiger partial charge in [-0.3, -0.25) is 9.59 Å². The molecule has 3 aromatic rings. The maximum Gasteiger partial charge on any atom is 0.268 e. The van der Waals surface area contributed by atoms with Crippen LogP contribution in [0.5, 0.6) is 0 Å². The molecule has 0 saturated carbocycles. The minimum Gasteiger partial charge on any atom is -0.357 e. The molecule has 1 aromatic carbocycles. The van der Waals surface area contributed by atoms with E-state index in [0.717, 1.165) is 24.5 Å². The number of aromatic nitrogens is 1. The van der Waals surface area contributed by atoms with Gasteiger partial charge < -0.3 is 15.1 Å². The lowest BCUT2D eigenvalue weighted by atomic mass is 10.1. The molecule has 0 unspecified atom stereocenters. The molecule has 30 heavy (non-hydrogen) atoms. The van der Waals surface area contributed by atoms with Gasteiger partial charge in [0.15, 0.2) is 0 Å². The number of anilines is 2. The molecule has 0 aliphatic heterocycles. The highest BCUT2D eigenvalue weighted by Gasteiger charge is 2.20. The molecule has 2 aromatic heterocycles. The second-order valence-electron chi connectivity index (χ2n) is 6.74. The number of rotatable bonds is 8. The highest BCUT2D eigenvalue weighted by atomic mass is 32.1. The van der Waals surface area contributed by atoms with Gasteiger partial charge >= 0.3 is 0 Å². The third kappa shape index (κ3) is 4.86. The van der Waals surface area contributed by atoms with Crippen molar-refractivity contribution < 1.29 is 9.59 Å². The first-order chi connectivity index (χ1) is 14.5. The molecule has 156 valence electrons. The third-order valence-electron chi connectivity index (χ3n) is 4.90. The Kier molecular flexibility index (Phi) is 7.19. The first-order valence-corrected chi connectivity index (χ1v) is 10.8. The number of hydrogen-bond acceptors (Lipinski definition) is 5. The van der Waals surface area contributed by atoms with Gasteiger partial charge in [-0.05, 0) is 49.1 Å². The number of nitrogens with zero attached hydrogens (tertiary/aromatic N) is 3. The molecule has 2 amide bonds. The molecule has 6 nitrogen and oxygen atoms in total. The minimum atomic E-state index is -0.232. The Morgan fingerprint density at radius 2 is 1.80 bits per heavy atom. The molecular weight excluding hydrogens is 396 g/mol. The van der Waals surface area contributed by atoms with Crippen molar-refractivity contribution in [2.75, 3.05) is 29.9 Å². The van der Waals surface area contributed by atoms with Crippen LogP contribution >= 0.6 is 11.3 Å². The van der Waals surface area contributed by atoms with Gasteiger partial charge in [0.25, 0.3) is 11.8 Å². The summed E-state index contributed by atoms with van der Waals surface area (Å²) in [7, 11) is 1.68. The van der Waals surface area contributed by atoms with Crippen molar-refractivity contribution in [3.05, 3.63) is 76.1 Å². The zero-order chi connectivity index (χ0) is 21.5.